The molecule has 0 heterocycles. The van der Waals surface area contributed by atoms with Crippen molar-refractivity contribution in [1.29, 1.82) is 0 Å². The summed E-state index contributed by atoms with van der Waals surface area (Å²) in [7, 11) is 1.50. The van der Waals surface area contributed by atoms with Crippen LogP contribution in [0.2, 0.25) is 5.02 Å². The summed E-state index contributed by atoms with van der Waals surface area (Å²) in [5.41, 5.74) is 7.26. The van der Waals surface area contributed by atoms with E-state index in [0.29, 0.717) is 16.3 Å². The minimum atomic E-state index is -0.535. The molecule has 0 spiro atoms. The van der Waals surface area contributed by atoms with Gasteiger partial charge >= 0.3 is 0 Å². The molecule has 1 rings (SSSR count). The van der Waals surface area contributed by atoms with Gasteiger partial charge in [-0.05, 0) is 31.0 Å². The molecular weight excluding hydrogens is 202 g/mol. The van der Waals surface area contributed by atoms with Crippen LogP contribution in [0.5, 0.6) is 5.75 Å². The molecule has 4 heteroatoms. The number of amides is 1. The van der Waals surface area contributed by atoms with E-state index in [2.05, 4.69) is 0 Å². The second kappa shape index (κ2) is 3.88. The largest absolute Gasteiger partial charge is 0.496 e. The van der Waals surface area contributed by atoms with E-state index in [0.717, 1.165) is 11.1 Å². The van der Waals surface area contributed by atoms with Crippen LogP contribution in [0.1, 0.15) is 21.5 Å². The zero-order chi connectivity index (χ0) is 10.9. The lowest BCUT2D eigenvalue weighted by Gasteiger charge is -2.12. The average Bonchev–Trinajstić information content (AvgIpc) is 2.13. The fourth-order valence-corrected chi connectivity index (χ4v) is 1.55. The SMILES string of the molecule is COc1c(C(N)=O)cc(Cl)c(C)c1C. The van der Waals surface area contributed by atoms with E-state index in [-0.39, 0.29) is 0 Å². The third-order valence-corrected chi connectivity index (χ3v) is 2.64. The van der Waals surface area contributed by atoms with E-state index in [1.807, 2.05) is 13.8 Å². The molecule has 1 aromatic carbocycles. The van der Waals surface area contributed by atoms with Gasteiger partial charge in [-0.3, -0.25) is 4.79 Å². The van der Waals surface area contributed by atoms with Crippen molar-refractivity contribution in [3.05, 3.63) is 27.8 Å². The Bertz CT molecular complexity index is 388. The van der Waals surface area contributed by atoms with Gasteiger partial charge in [-0.2, -0.15) is 0 Å². The topological polar surface area (TPSA) is 52.3 Å². The Morgan fingerprint density at radius 2 is 2.00 bits per heavy atom. The van der Waals surface area contributed by atoms with E-state index in [4.69, 9.17) is 22.1 Å². The molecule has 0 aromatic heterocycles. The Labute approximate surface area is 87.8 Å². The maximum Gasteiger partial charge on any atom is 0.252 e. The highest BCUT2D eigenvalue weighted by atomic mass is 35.5. The highest BCUT2D eigenvalue weighted by Gasteiger charge is 2.15. The number of rotatable bonds is 2. The second-order valence-corrected chi connectivity index (χ2v) is 3.46. The molecule has 1 aromatic rings. The molecule has 1 amide bonds. The van der Waals surface area contributed by atoms with Crippen molar-refractivity contribution in [3.63, 3.8) is 0 Å². The van der Waals surface area contributed by atoms with Gasteiger partial charge in [-0.1, -0.05) is 11.6 Å². The van der Waals surface area contributed by atoms with Crippen LogP contribution < -0.4 is 10.5 Å². The zero-order valence-corrected chi connectivity index (χ0v) is 9.11. The van der Waals surface area contributed by atoms with Crippen molar-refractivity contribution in [2.24, 2.45) is 5.73 Å². The number of hydrogen-bond acceptors (Lipinski definition) is 2. The molecule has 0 saturated carbocycles. The van der Waals surface area contributed by atoms with Gasteiger partial charge in [0.1, 0.15) is 5.75 Å². The first-order chi connectivity index (χ1) is 6.49. The summed E-state index contributed by atoms with van der Waals surface area (Å²) in [6.45, 7) is 3.71. The van der Waals surface area contributed by atoms with E-state index in [1.165, 1.54) is 13.2 Å². The van der Waals surface area contributed by atoms with Gasteiger partial charge in [-0.15, -0.1) is 0 Å². The van der Waals surface area contributed by atoms with Gasteiger partial charge in [0.15, 0.2) is 0 Å². The van der Waals surface area contributed by atoms with Crippen molar-refractivity contribution in [2.75, 3.05) is 7.11 Å². The van der Waals surface area contributed by atoms with Crippen molar-refractivity contribution >= 4 is 17.5 Å². The maximum atomic E-state index is 11.1. The molecule has 0 radical (unpaired) electrons. The van der Waals surface area contributed by atoms with E-state index in [9.17, 15) is 4.79 Å². The van der Waals surface area contributed by atoms with Gasteiger partial charge in [0, 0.05) is 5.02 Å². The summed E-state index contributed by atoms with van der Waals surface area (Å²) in [6, 6.07) is 1.53. The summed E-state index contributed by atoms with van der Waals surface area (Å²) >= 11 is 5.93. The highest BCUT2D eigenvalue weighted by Crippen LogP contribution is 2.31. The Hall–Kier alpha value is -1.22. The number of ether oxygens (including phenoxy) is 1. The number of nitrogens with two attached hydrogens (primary N) is 1. The van der Waals surface area contributed by atoms with Crippen molar-refractivity contribution in [1.82, 2.24) is 0 Å². The molecule has 0 aliphatic heterocycles. The van der Waals surface area contributed by atoms with Crippen LogP contribution in [0.15, 0.2) is 6.07 Å². The summed E-state index contributed by atoms with van der Waals surface area (Å²) in [5.74, 6) is -0.0359. The number of benzene rings is 1. The predicted molar refractivity (Wildman–Crippen MR) is 56.0 cm³/mol. The van der Waals surface area contributed by atoms with Gasteiger partial charge in [0.2, 0.25) is 0 Å². The van der Waals surface area contributed by atoms with Crippen molar-refractivity contribution in [2.45, 2.75) is 13.8 Å². The van der Waals surface area contributed by atoms with Crippen LogP contribution in [0, 0.1) is 13.8 Å². The molecule has 0 atom stereocenters. The molecule has 0 aliphatic rings. The Balaban J connectivity index is 3.51. The summed E-state index contributed by atoms with van der Waals surface area (Å²) in [4.78, 5) is 11.1. The molecule has 2 N–H and O–H groups in total. The number of primary amides is 1. The number of hydrogen-bond donors (Lipinski definition) is 1. The average molecular weight is 214 g/mol. The van der Waals surface area contributed by atoms with Crippen LogP contribution in [-0.4, -0.2) is 13.0 Å². The van der Waals surface area contributed by atoms with Crippen LogP contribution in [0.25, 0.3) is 0 Å². The van der Waals surface area contributed by atoms with Gasteiger partial charge in [0.05, 0.1) is 12.7 Å². The van der Waals surface area contributed by atoms with E-state index >= 15 is 0 Å². The second-order valence-electron chi connectivity index (χ2n) is 3.05. The van der Waals surface area contributed by atoms with Crippen LogP contribution >= 0.6 is 11.6 Å². The van der Waals surface area contributed by atoms with Crippen molar-refractivity contribution in [3.8, 4) is 5.75 Å². The highest BCUT2D eigenvalue weighted by molar-refractivity contribution is 6.32. The normalized spacial score (nSPS) is 10.0. The summed E-state index contributed by atoms with van der Waals surface area (Å²) < 4.78 is 5.11. The molecular formula is C10H12ClNO2. The monoisotopic (exact) mass is 213 g/mol. The predicted octanol–water partition coefficient (Wildman–Crippen LogP) is 2.06. The van der Waals surface area contributed by atoms with Crippen LogP contribution in [0.3, 0.4) is 0 Å². The summed E-state index contributed by atoms with van der Waals surface area (Å²) in [6.07, 6.45) is 0. The van der Waals surface area contributed by atoms with Crippen molar-refractivity contribution < 1.29 is 9.53 Å². The first kappa shape index (κ1) is 10.9. The lowest BCUT2D eigenvalue weighted by Crippen LogP contribution is -2.13. The molecule has 0 aliphatic carbocycles. The first-order valence-corrected chi connectivity index (χ1v) is 4.50. The third-order valence-electron chi connectivity index (χ3n) is 2.25. The Morgan fingerprint density at radius 3 is 2.43 bits per heavy atom. The Kier molecular flexibility index (Phi) is 3.01. The number of halogens is 1. The molecule has 3 nitrogen and oxygen atoms in total. The number of carbonyl (C=O) groups excluding carboxylic acids is 1. The lowest BCUT2D eigenvalue weighted by atomic mass is 10.0. The number of carbonyl (C=O) groups is 1. The molecule has 0 unspecified atom stereocenters. The molecule has 0 saturated heterocycles. The fraction of sp³-hybridized carbons (Fsp3) is 0.300. The van der Waals surface area contributed by atoms with E-state index in [1.54, 1.807) is 0 Å². The minimum absolute atomic E-state index is 0.320. The van der Waals surface area contributed by atoms with E-state index < -0.39 is 5.91 Å². The van der Waals surface area contributed by atoms with Crippen LogP contribution in [-0.2, 0) is 0 Å². The molecule has 76 valence electrons. The first-order valence-electron chi connectivity index (χ1n) is 4.12. The van der Waals surface area contributed by atoms with Gasteiger partial charge in [0.25, 0.3) is 5.91 Å². The number of methoxy groups -OCH3 is 1. The Morgan fingerprint density at radius 1 is 1.43 bits per heavy atom. The summed E-state index contributed by atoms with van der Waals surface area (Å²) in [5, 5.41) is 0.525. The van der Waals surface area contributed by atoms with Crippen LogP contribution in [0.4, 0.5) is 0 Å². The fourth-order valence-electron chi connectivity index (χ4n) is 1.30. The molecule has 0 bridgehead atoms. The van der Waals surface area contributed by atoms with Gasteiger partial charge < -0.3 is 10.5 Å². The lowest BCUT2D eigenvalue weighted by molar-refractivity contribution is 0.0997. The molecule has 0 fully saturated rings. The molecule has 14 heavy (non-hydrogen) atoms. The minimum Gasteiger partial charge on any atom is -0.496 e. The zero-order valence-electron chi connectivity index (χ0n) is 8.35. The smallest absolute Gasteiger partial charge is 0.252 e. The standard InChI is InChI=1S/C10H12ClNO2/c1-5-6(2)9(14-3)7(10(12)13)4-8(5)11/h4H,1-3H3,(H2,12,13). The maximum absolute atomic E-state index is 11.1. The van der Waals surface area contributed by atoms with Gasteiger partial charge in [-0.25, -0.2) is 0 Å². The quantitative estimate of drug-likeness (QED) is 0.818. The third kappa shape index (κ3) is 1.68.